The van der Waals surface area contributed by atoms with E-state index in [1.165, 1.54) is 7.11 Å². The van der Waals surface area contributed by atoms with Crippen LogP contribution in [0.5, 0.6) is 0 Å². The summed E-state index contributed by atoms with van der Waals surface area (Å²) in [5.74, 6) is 0.0418. The normalized spacial score (nSPS) is 28.7. The summed E-state index contributed by atoms with van der Waals surface area (Å²) in [7, 11) is 1.44. The average Bonchev–Trinajstić information content (AvgIpc) is 3.17. The molecule has 0 radical (unpaired) electrons. The standard InChI is InChI=1S/C15H21N3O3S/c1-20-14(19)12-10-4-2-8-18(10)9-3-5-11(12)21-15(22)13-16-6-7-17-13/h6-7,10-12H,2-5,8-9H2,1H3,(H,16,17)/t10-,11-,12-/m0/s1. The highest BCUT2D eigenvalue weighted by molar-refractivity contribution is 7.80. The Balaban J connectivity index is 1.80. The Bertz CT molecular complexity index is 534. The molecule has 2 fully saturated rings. The van der Waals surface area contributed by atoms with Crippen molar-refractivity contribution >= 4 is 23.2 Å². The predicted octanol–water partition coefficient (Wildman–Crippen LogP) is 1.52. The summed E-state index contributed by atoms with van der Waals surface area (Å²) in [6, 6.07) is 0.194. The van der Waals surface area contributed by atoms with Crippen molar-refractivity contribution in [1.82, 2.24) is 14.9 Å². The van der Waals surface area contributed by atoms with Crippen LogP contribution in [0.1, 0.15) is 31.5 Å². The number of thiocarbonyl (C=S) groups is 1. The maximum atomic E-state index is 12.3. The molecule has 0 aromatic carbocycles. The second-order valence-corrected chi connectivity index (χ2v) is 6.19. The van der Waals surface area contributed by atoms with Crippen LogP contribution in [-0.4, -0.2) is 58.2 Å². The van der Waals surface area contributed by atoms with Gasteiger partial charge in [0.1, 0.15) is 12.0 Å². The Morgan fingerprint density at radius 3 is 2.86 bits per heavy atom. The summed E-state index contributed by atoms with van der Waals surface area (Å²) < 4.78 is 11.0. The molecule has 0 aliphatic carbocycles. The summed E-state index contributed by atoms with van der Waals surface area (Å²) in [5, 5.41) is 0.315. The number of carbonyl (C=O) groups is 1. The van der Waals surface area contributed by atoms with Crippen molar-refractivity contribution in [1.29, 1.82) is 0 Å². The number of aromatic nitrogens is 2. The van der Waals surface area contributed by atoms with Crippen LogP contribution in [-0.2, 0) is 14.3 Å². The smallest absolute Gasteiger partial charge is 0.314 e. The first-order valence-corrected chi connectivity index (χ1v) is 8.14. The highest BCUT2D eigenvalue weighted by Gasteiger charge is 2.44. The second kappa shape index (κ2) is 6.75. The van der Waals surface area contributed by atoms with E-state index in [0.29, 0.717) is 10.9 Å². The van der Waals surface area contributed by atoms with Crippen molar-refractivity contribution in [3.05, 3.63) is 18.2 Å². The number of hydrogen-bond acceptors (Lipinski definition) is 6. The van der Waals surface area contributed by atoms with Gasteiger partial charge in [-0.3, -0.25) is 9.69 Å². The number of aromatic amines is 1. The fourth-order valence-electron chi connectivity index (χ4n) is 3.61. The number of nitrogens with one attached hydrogen (secondary N) is 1. The number of rotatable bonds is 3. The van der Waals surface area contributed by atoms with E-state index in [4.69, 9.17) is 21.7 Å². The molecule has 0 unspecified atom stereocenters. The van der Waals surface area contributed by atoms with Gasteiger partial charge in [0.25, 0.3) is 0 Å². The van der Waals surface area contributed by atoms with E-state index in [-0.39, 0.29) is 24.0 Å². The number of hydrogen-bond donors (Lipinski definition) is 1. The molecular weight excluding hydrogens is 302 g/mol. The Morgan fingerprint density at radius 2 is 2.18 bits per heavy atom. The first-order chi connectivity index (χ1) is 10.7. The molecule has 1 aromatic rings. The van der Waals surface area contributed by atoms with Crippen molar-refractivity contribution in [2.45, 2.75) is 37.8 Å². The molecule has 0 bridgehead atoms. The van der Waals surface area contributed by atoms with Crippen molar-refractivity contribution < 1.29 is 14.3 Å². The molecule has 0 amide bonds. The van der Waals surface area contributed by atoms with Crippen molar-refractivity contribution in [3.8, 4) is 0 Å². The fraction of sp³-hybridized carbons (Fsp3) is 0.667. The fourth-order valence-corrected chi connectivity index (χ4v) is 3.84. The lowest BCUT2D eigenvalue weighted by Gasteiger charge is -2.31. The van der Waals surface area contributed by atoms with Crippen LogP contribution in [0.4, 0.5) is 0 Å². The number of carbonyl (C=O) groups excluding carboxylic acids is 1. The third kappa shape index (κ3) is 3.01. The highest BCUT2D eigenvalue weighted by Crippen LogP contribution is 2.33. The molecule has 3 rings (SSSR count). The molecule has 0 saturated carbocycles. The van der Waals surface area contributed by atoms with Crippen molar-refractivity contribution in [3.63, 3.8) is 0 Å². The molecule has 1 aromatic heterocycles. The van der Waals surface area contributed by atoms with Gasteiger partial charge >= 0.3 is 5.97 Å². The van der Waals surface area contributed by atoms with Gasteiger partial charge < -0.3 is 14.5 Å². The van der Waals surface area contributed by atoms with Crippen molar-refractivity contribution in [2.75, 3.05) is 20.2 Å². The van der Waals surface area contributed by atoms with Crippen LogP contribution in [0, 0.1) is 5.92 Å². The number of esters is 1. The Hall–Kier alpha value is -1.47. The van der Waals surface area contributed by atoms with Gasteiger partial charge in [0.2, 0.25) is 5.05 Å². The van der Waals surface area contributed by atoms with E-state index in [1.54, 1.807) is 12.4 Å². The number of imidazole rings is 1. The molecule has 22 heavy (non-hydrogen) atoms. The molecule has 2 aliphatic heterocycles. The summed E-state index contributed by atoms with van der Waals surface area (Å²) in [5.41, 5.74) is 0. The van der Waals surface area contributed by atoms with E-state index in [2.05, 4.69) is 14.9 Å². The van der Waals surface area contributed by atoms with E-state index >= 15 is 0 Å². The highest BCUT2D eigenvalue weighted by atomic mass is 32.1. The van der Waals surface area contributed by atoms with Crippen LogP contribution in [0.2, 0.25) is 0 Å². The second-order valence-electron chi connectivity index (χ2n) is 5.82. The maximum Gasteiger partial charge on any atom is 0.314 e. The lowest BCUT2D eigenvalue weighted by Crippen LogP contribution is -2.44. The number of ether oxygens (including phenoxy) is 2. The van der Waals surface area contributed by atoms with Crippen LogP contribution in [0.15, 0.2) is 12.4 Å². The molecule has 6 nitrogen and oxygen atoms in total. The third-order valence-corrected chi connectivity index (χ3v) is 4.88. The molecule has 2 saturated heterocycles. The number of H-pyrrole nitrogens is 1. The van der Waals surface area contributed by atoms with Gasteiger partial charge in [-0.05, 0) is 51.0 Å². The van der Waals surface area contributed by atoms with Gasteiger partial charge in [0.15, 0.2) is 5.82 Å². The summed E-state index contributed by atoms with van der Waals surface area (Å²) in [6.45, 7) is 2.05. The lowest BCUT2D eigenvalue weighted by molar-refractivity contribution is -0.151. The zero-order valence-electron chi connectivity index (χ0n) is 12.7. The van der Waals surface area contributed by atoms with Gasteiger partial charge in [-0.2, -0.15) is 0 Å². The van der Waals surface area contributed by atoms with Crippen LogP contribution in [0.3, 0.4) is 0 Å². The van der Waals surface area contributed by atoms with E-state index in [0.717, 1.165) is 38.8 Å². The van der Waals surface area contributed by atoms with E-state index in [9.17, 15) is 4.79 Å². The Labute approximate surface area is 135 Å². The minimum Gasteiger partial charge on any atom is -0.476 e. The van der Waals surface area contributed by atoms with Gasteiger partial charge in [-0.1, -0.05) is 0 Å². The van der Waals surface area contributed by atoms with Crippen LogP contribution >= 0.6 is 12.2 Å². The third-order valence-electron chi connectivity index (χ3n) is 4.59. The van der Waals surface area contributed by atoms with Gasteiger partial charge in [-0.15, -0.1) is 0 Å². The van der Waals surface area contributed by atoms with Crippen molar-refractivity contribution in [2.24, 2.45) is 5.92 Å². The first-order valence-electron chi connectivity index (χ1n) is 7.73. The molecule has 3 heterocycles. The largest absolute Gasteiger partial charge is 0.476 e. The zero-order valence-corrected chi connectivity index (χ0v) is 13.5. The van der Waals surface area contributed by atoms with E-state index in [1.807, 2.05) is 0 Å². The zero-order chi connectivity index (χ0) is 15.5. The predicted molar refractivity (Wildman–Crippen MR) is 84.5 cm³/mol. The average molecular weight is 323 g/mol. The Kier molecular flexibility index (Phi) is 4.73. The topological polar surface area (TPSA) is 67.5 Å². The number of nitrogens with zero attached hydrogens (tertiary/aromatic N) is 2. The molecule has 120 valence electrons. The molecule has 7 heteroatoms. The summed E-state index contributed by atoms with van der Waals surface area (Å²) >= 11 is 5.31. The van der Waals surface area contributed by atoms with E-state index < -0.39 is 0 Å². The van der Waals surface area contributed by atoms with Gasteiger partial charge in [0.05, 0.1) is 7.11 Å². The molecular formula is C15H21N3O3S. The summed E-state index contributed by atoms with van der Waals surface area (Å²) in [4.78, 5) is 21.8. The lowest BCUT2D eigenvalue weighted by atomic mass is 9.91. The number of methoxy groups -OCH3 is 1. The minimum absolute atomic E-state index is 0.194. The summed E-state index contributed by atoms with van der Waals surface area (Å²) in [6.07, 6.45) is 7.01. The van der Waals surface area contributed by atoms with Gasteiger partial charge in [0, 0.05) is 18.4 Å². The van der Waals surface area contributed by atoms with Crippen LogP contribution < -0.4 is 0 Å². The first kappa shape index (κ1) is 15.4. The van der Waals surface area contributed by atoms with Gasteiger partial charge in [-0.25, -0.2) is 4.98 Å². The SMILES string of the molecule is COC(=O)[C@@H]1[C@@H](OC(=S)c2ncc[nH]2)CCCN2CCC[C@@H]12. The molecule has 3 atom stereocenters. The molecule has 1 N–H and O–H groups in total. The Morgan fingerprint density at radius 1 is 1.41 bits per heavy atom. The molecule has 2 aliphatic rings. The minimum atomic E-state index is -0.289. The van der Waals surface area contributed by atoms with Crippen LogP contribution in [0.25, 0.3) is 0 Å². The maximum absolute atomic E-state index is 12.3. The number of fused-ring (bicyclic) bond motifs is 1. The quantitative estimate of drug-likeness (QED) is 0.672. The molecule has 0 spiro atoms. The monoisotopic (exact) mass is 323 g/mol.